The van der Waals surface area contributed by atoms with E-state index in [0.29, 0.717) is 23.4 Å². The van der Waals surface area contributed by atoms with Gasteiger partial charge in [-0.15, -0.1) is 0 Å². The van der Waals surface area contributed by atoms with Gasteiger partial charge in [0.25, 0.3) is 0 Å². The number of nitrogens with one attached hydrogen (secondary N) is 1. The van der Waals surface area contributed by atoms with Gasteiger partial charge in [-0.1, -0.05) is 84.9 Å². The van der Waals surface area contributed by atoms with Crippen molar-refractivity contribution in [1.82, 2.24) is 20.3 Å². The Balaban J connectivity index is 1.12. The van der Waals surface area contributed by atoms with Crippen LogP contribution < -0.4 is 5.32 Å². The van der Waals surface area contributed by atoms with Crippen LogP contribution in [0.1, 0.15) is 33.5 Å². The monoisotopic (exact) mass is 676 g/mol. The lowest BCUT2D eigenvalue weighted by Gasteiger charge is -2.30. The standard InChI is InChI=1S/C47H28N6/c48-25-29-17-19-50-45(21-29)43-15-11-33(27-52-43)31-9-13-41-37(23-31)38-24-32(34-12-16-44(53-28-34)46-22-30(26-49)18-20-51-46)10-14-42(38)47(41)39-7-3-1-5-35(39)36-6-2-4-8-40(36)47/h1-19,21-24,27-28,51H,20H2. The molecule has 0 radical (unpaired) electrons. The highest BCUT2D eigenvalue weighted by Crippen LogP contribution is 2.63. The van der Waals surface area contributed by atoms with E-state index < -0.39 is 5.41 Å². The second-order valence-electron chi connectivity index (χ2n) is 13.5. The Morgan fingerprint density at radius 2 is 1.11 bits per heavy atom. The summed E-state index contributed by atoms with van der Waals surface area (Å²) >= 11 is 0. The Morgan fingerprint density at radius 1 is 0.528 bits per heavy atom. The Bertz CT molecular complexity index is 2750. The molecule has 53 heavy (non-hydrogen) atoms. The van der Waals surface area contributed by atoms with Gasteiger partial charge >= 0.3 is 0 Å². The predicted octanol–water partition coefficient (Wildman–Crippen LogP) is 9.48. The molecule has 0 fully saturated rings. The van der Waals surface area contributed by atoms with Crippen LogP contribution in [-0.2, 0) is 5.41 Å². The number of benzene rings is 4. The average Bonchev–Trinajstić information content (AvgIpc) is 3.70. The van der Waals surface area contributed by atoms with Gasteiger partial charge in [0.2, 0.25) is 0 Å². The minimum atomic E-state index is -0.457. The number of allylic oxidation sites excluding steroid dienone is 2. The molecule has 6 heteroatoms. The Morgan fingerprint density at radius 3 is 1.70 bits per heavy atom. The molecule has 0 atom stereocenters. The lowest BCUT2D eigenvalue weighted by molar-refractivity contribution is 0.794. The third-order valence-electron chi connectivity index (χ3n) is 10.8. The van der Waals surface area contributed by atoms with E-state index in [4.69, 9.17) is 9.97 Å². The molecule has 3 aromatic heterocycles. The first-order chi connectivity index (χ1) is 26.1. The molecule has 10 rings (SSSR count). The van der Waals surface area contributed by atoms with Crippen LogP contribution in [0.5, 0.6) is 0 Å². The van der Waals surface area contributed by atoms with Crippen molar-refractivity contribution in [3.63, 3.8) is 0 Å². The van der Waals surface area contributed by atoms with E-state index in [1.54, 1.807) is 18.3 Å². The van der Waals surface area contributed by atoms with Crippen molar-refractivity contribution >= 4 is 5.70 Å². The van der Waals surface area contributed by atoms with Gasteiger partial charge in [-0.05, 0) is 104 Å². The maximum absolute atomic E-state index is 9.41. The van der Waals surface area contributed by atoms with Crippen LogP contribution in [0.2, 0.25) is 0 Å². The molecule has 0 amide bonds. The van der Waals surface area contributed by atoms with Gasteiger partial charge in [0, 0.05) is 36.3 Å². The molecule has 1 aliphatic heterocycles. The normalized spacial score (nSPS) is 14.1. The second-order valence-corrected chi connectivity index (χ2v) is 13.5. The van der Waals surface area contributed by atoms with Crippen molar-refractivity contribution in [3.8, 4) is 68.0 Å². The van der Waals surface area contributed by atoms with Gasteiger partial charge in [0.05, 0.1) is 51.5 Å². The molecule has 0 saturated carbocycles. The Hall–Kier alpha value is -7.41. The predicted molar refractivity (Wildman–Crippen MR) is 207 cm³/mol. The van der Waals surface area contributed by atoms with Crippen LogP contribution in [0.25, 0.3) is 61.6 Å². The number of pyridine rings is 3. The van der Waals surface area contributed by atoms with Crippen molar-refractivity contribution < 1.29 is 0 Å². The quantitative estimate of drug-likeness (QED) is 0.199. The molecule has 3 aliphatic rings. The SMILES string of the molecule is N#CC1=CCNC(c2ccc(-c3ccc4c(c3)-c3cc(-c5ccc(-c6cc(C#N)ccn6)nc5)ccc3C43c4ccccc4-c4ccccc43)cn2)=C1. The summed E-state index contributed by atoms with van der Waals surface area (Å²) in [5.41, 5.74) is 18.0. The second kappa shape index (κ2) is 11.8. The van der Waals surface area contributed by atoms with Gasteiger partial charge in [0.15, 0.2) is 0 Å². The van der Waals surface area contributed by atoms with Crippen molar-refractivity contribution in [1.29, 1.82) is 10.5 Å². The first kappa shape index (κ1) is 30.4. The topological polar surface area (TPSA) is 98.3 Å². The van der Waals surface area contributed by atoms with E-state index >= 15 is 0 Å². The molecule has 246 valence electrons. The zero-order valence-electron chi connectivity index (χ0n) is 28.4. The molecule has 2 aliphatic carbocycles. The molecule has 7 aromatic rings. The number of aromatic nitrogens is 3. The fourth-order valence-electron chi connectivity index (χ4n) is 8.37. The van der Waals surface area contributed by atoms with Crippen LogP contribution in [0.3, 0.4) is 0 Å². The molecule has 0 saturated heterocycles. The maximum atomic E-state index is 9.41. The van der Waals surface area contributed by atoms with Crippen molar-refractivity contribution in [2.75, 3.05) is 6.54 Å². The van der Waals surface area contributed by atoms with Crippen LogP contribution in [0.15, 0.2) is 158 Å². The van der Waals surface area contributed by atoms with E-state index in [-0.39, 0.29) is 0 Å². The molecule has 0 bridgehead atoms. The molecule has 6 nitrogen and oxygen atoms in total. The van der Waals surface area contributed by atoms with Gasteiger partial charge in [-0.25, -0.2) is 0 Å². The van der Waals surface area contributed by atoms with Crippen LogP contribution in [0.4, 0.5) is 0 Å². The highest BCUT2D eigenvalue weighted by atomic mass is 14.9. The lowest BCUT2D eigenvalue weighted by atomic mass is 9.70. The number of fused-ring (bicyclic) bond motifs is 10. The number of rotatable bonds is 4. The first-order valence-electron chi connectivity index (χ1n) is 17.5. The molecule has 1 spiro atoms. The Kier molecular flexibility index (Phi) is 6.80. The Labute approximate surface area is 306 Å². The fourth-order valence-corrected chi connectivity index (χ4v) is 8.37. The summed E-state index contributed by atoms with van der Waals surface area (Å²) < 4.78 is 0. The fraction of sp³-hybridized carbons (Fsp3) is 0.0426. The van der Waals surface area contributed by atoms with Crippen molar-refractivity contribution in [2.45, 2.75) is 5.41 Å². The molecular weight excluding hydrogens is 649 g/mol. The molecule has 0 unspecified atom stereocenters. The number of nitrogens with zero attached hydrogens (tertiary/aromatic N) is 5. The highest BCUT2D eigenvalue weighted by molar-refractivity contribution is 5.97. The van der Waals surface area contributed by atoms with E-state index in [1.165, 1.54) is 44.5 Å². The van der Waals surface area contributed by atoms with Crippen molar-refractivity contribution in [2.24, 2.45) is 0 Å². The lowest BCUT2D eigenvalue weighted by Crippen LogP contribution is -2.25. The van der Waals surface area contributed by atoms with E-state index in [9.17, 15) is 10.5 Å². The van der Waals surface area contributed by atoms with E-state index in [1.807, 2.05) is 36.7 Å². The smallest absolute Gasteiger partial charge is 0.0992 e. The number of hydrogen-bond donors (Lipinski definition) is 1. The van der Waals surface area contributed by atoms with E-state index in [2.05, 4.69) is 120 Å². The molecule has 4 aromatic carbocycles. The molecular formula is C47H28N6. The van der Waals surface area contributed by atoms with Gasteiger partial charge < -0.3 is 5.32 Å². The van der Waals surface area contributed by atoms with E-state index in [0.717, 1.165) is 39.3 Å². The summed E-state index contributed by atoms with van der Waals surface area (Å²) in [7, 11) is 0. The largest absolute Gasteiger partial charge is 0.380 e. The summed E-state index contributed by atoms with van der Waals surface area (Å²) in [5, 5.41) is 22.1. The summed E-state index contributed by atoms with van der Waals surface area (Å²) in [6.07, 6.45) is 9.17. The number of dihydropyridines is 1. The summed E-state index contributed by atoms with van der Waals surface area (Å²) in [4.78, 5) is 14.0. The summed E-state index contributed by atoms with van der Waals surface area (Å²) in [5.74, 6) is 0. The molecule has 1 N–H and O–H groups in total. The van der Waals surface area contributed by atoms with Gasteiger partial charge in [-0.3, -0.25) is 15.0 Å². The maximum Gasteiger partial charge on any atom is 0.0992 e. The summed E-state index contributed by atoms with van der Waals surface area (Å²) in [6, 6.07) is 47.4. The highest BCUT2D eigenvalue weighted by Gasteiger charge is 2.51. The minimum absolute atomic E-state index is 0.457. The molecule has 4 heterocycles. The zero-order valence-corrected chi connectivity index (χ0v) is 28.4. The minimum Gasteiger partial charge on any atom is -0.380 e. The van der Waals surface area contributed by atoms with Gasteiger partial charge in [-0.2, -0.15) is 10.5 Å². The van der Waals surface area contributed by atoms with Gasteiger partial charge in [0.1, 0.15) is 0 Å². The third-order valence-corrected chi connectivity index (χ3v) is 10.8. The van der Waals surface area contributed by atoms with Crippen LogP contribution >= 0.6 is 0 Å². The average molecular weight is 677 g/mol. The first-order valence-corrected chi connectivity index (χ1v) is 17.5. The number of nitriles is 2. The van der Waals surface area contributed by atoms with Crippen LogP contribution in [-0.4, -0.2) is 21.5 Å². The van der Waals surface area contributed by atoms with Crippen molar-refractivity contribution in [3.05, 3.63) is 191 Å². The summed E-state index contributed by atoms with van der Waals surface area (Å²) in [6.45, 7) is 0.603. The third kappa shape index (κ3) is 4.60. The van der Waals surface area contributed by atoms with Crippen LogP contribution in [0, 0.1) is 22.7 Å². The zero-order chi connectivity index (χ0) is 35.5. The number of hydrogen-bond acceptors (Lipinski definition) is 6.